The molecule has 1 heterocycles. The molecule has 0 radical (unpaired) electrons. The zero-order valence-corrected chi connectivity index (χ0v) is 12.2. The number of hydrogen-bond donors (Lipinski definition) is 2. The third kappa shape index (κ3) is 2.99. The van der Waals surface area contributed by atoms with Crippen LogP contribution in [-0.2, 0) is 0 Å². The zero-order chi connectivity index (χ0) is 14.8. The first kappa shape index (κ1) is 13.9. The fourth-order valence-corrected chi connectivity index (χ4v) is 3.02. The Kier molecular flexibility index (Phi) is 3.78. The fourth-order valence-electron chi connectivity index (χ4n) is 3.02. The lowest BCUT2D eigenvalue weighted by molar-refractivity contribution is 0.0691. The Morgan fingerprint density at radius 3 is 2.67 bits per heavy atom. The maximum absolute atomic E-state index is 11.2. The van der Waals surface area contributed by atoms with E-state index in [1.165, 1.54) is 12.8 Å². The van der Waals surface area contributed by atoms with Gasteiger partial charge in [0.15, 0.2) is 5.69 Å². The van der Waals surface area contributed by atoms with Gasteiger partial charge in [-0.05, 0) is 43.1 Å². The number of carboxylic acid groups (broad SMARTS) is 1. The Morgan fingerprint density at radius 2 is 1.95 bits per heavy atom. The van der Waals surface area contributed by atoms with Gasteiger partial charge < -0.3 is 10.4 Å². The molecule has 0 bridgehead atoms. The van der Waals surface area contributed by atoms with Crippen LogP contribution in [0.4, 0.5) is 5.82 Å². The molecule has 3 rings (SSSR count). The smallest absolute Gasteiger partial charge is 0.354 e. The van der Waals surface area contributed by atoms with E-state index in [9.17, 15) is 9.90 Å². The molecule has 0 spiro atoms. The van der Waals surface area contributed by atoms with Gasteiger partial charge in [0.25, 0.3) is 0 Å². The van der Waals surface area contributed by atoms with Crippen LogP contribution in [0, 0.1) is 5.92 Å². The average molecular weight is 284 g/mol. The third-order valence-electron chi connectivity index (χ3n) is 4.32. The normalized spacial score (nSPS) is 22.1. The summed E-state index contributed by atoms with van der Waals surface area (Å²) < 4.78 is 0. The molecule has 4 nitrogen and oxygen atoms in total. The van der Waals surface area contributed by atoms with Gasteiger partial charge in [-0.15, -0.1) is 0 Å². The van der Waals surface area contributed by atoms with Gasteiger partial charge in [-0.3, -0.25) is 0 Å². The van der Waals surface area contributed by atoms with Crippen LogP contribution in [0.5, 0.6) is 0 Å². The summed E-state index contributed by atoms with van der Waals surface area (Å²) in [4.78, 5) is 15.5. The second kappa shape index (κ2) is 5.72. The summed E-state index contributed by atoms with van der Waals surface area (Å²) in [5.41, 5.74) is 0.0976. The predicted molar refractivity (Wildman–Crippen MR) is 83.7 cm³/mol. The first-order valence-corrected chi connectivity index (χ1v) is 7.53. The van der Waals surface area contributed by atoms with Crippen molar-refractivity contribution in [3.8, 4) is 0 Å². The Balaban J connectivity index is 1.94. The number of fused-ring (bicyclic) bond motifs is 1. The van der Waals surface area contributed by atoms with Crippen molar-refractivity contribution in [2.24, 2.45) is 5.92 Å². The lowest BCUT2D eigenvalue weighted by Crippen LogP contribution is -2.26. The maximum atomic E-state index is 11.2. The molecule has 0 amide bonds. The van der Waals surface area contributed by atoms with E-state index in [2.05, 4.69) is 17.2 Å². The largest absolute Gasteiger partial charge is 0.477 e. The first-order valence-electron chi connectivity index (χ1n) is 7.53. The fraction of sp³-hybridized carbons (Fsp3) is 0.412. The van der Waals surface area contributed by atoms with Gasteiger partial charge >= 0.3 is 5.97 Å². The number of nitrogens with one attached hydrogen (secondary N) is 1. The van der Waals surface area contributed by atoms with Crippen LogP contribution in [0.3, 0.4) is 0 Å². The van der Waals surface area contributed by atoms with Crippen molar-refractivity contribution in [1.82, 2.24) is 4.98 Å². The average Bonchev–Trinajstić information content (AvgIpc) is 2.49. The Labute approximate surface area is 124 Å². The standard InChI is InChI=1S/C17H20N2O2/c1-11-6-8-13(9-7-11)18-16-14-5-3-2-4-12(14)10-15(19-16)17(20)21/h2-5,10-11,13H,6-9H2,1H3,(H,18,19)(H,20,21). The lowest BCUT2D eigenvalue weighted by atomic mass is 9.87. The van der Waals surface area contributed by atoms with Gasteiger partial charge in [-0.25, -0.2) is 9.78 Å². The van der Waals surface area contributed by atoms with Crippen LogP contribution < -0.4 is 5.32 Å². The van der Waals surface area contributed by atoms with E-state index in [1.54, 1.807) is 6.07 Å². The highest BCUT2D eigenvalue weighted by Gasteiger charge is 2.20. The van der Waals surface area contributed by atoms with Crippen molar-refractivity contribution in [1.29, 1.82) is 0 Å². The number of aromatic carboxylic acids is 1. The second-order valence-electron chi connectivity index (χ2n) is 5.98. The summed E-state index contributed by atoms with van der Waals surface area (Å²) in [6.45, 7) is 2.29. The third-order valence-corrected chi connectivity index (χ3v) is 4.32. The number of hydrogen-bond acceptors (Lipinski definition) is 3. The van der Waals surface area contributed by atoms with Crippen LogP contribution >= 0.6 is 0 Å². The quantitative estimate of drug-likeness (QED) is 0.896. The Bertz CT molecular complexity index is 661. The second-order valence-corrected chi connectivity index (χ2v) is 5.98. The van der Waals surface area contributed by atoms with E-state index < -0.39 is 5.97 Å². The highest BCUT2D eigenvalue weighted by molar-refractivity contribution is 5.97. The molecule has 4 heteroatoms. The molecule has 2 N–H and O–H groups in total. The van der Waals surface area contributed by atoms with E-state index >= 15 is 0 Å². The summed E-state index contributed by atoms with van der Waals surface area (Å²) in [5, 5.41) is 14.6. The van der Waals surface area contributed by atoms with Crippen molar-refractivity contribution < 1.29 is 9.90 Å². The number of aromatic nitrogens is 1. The van der Waals surface area contributed by atoms with Crippen molar-refractivity contribution in [2.75, 3.05) is 5.32 Å². The summed E-state index contributed by atoms with van der Waals surface area (Å²) in [6.07, 6.45) is 4.67. The Morgan fingerprint density at radius 1 is 1.24 bits per heavy atom. The van der Waals surface area contributed by atoms with E-state index in [4.69, 9.17) is 0 Å². The Hall–Kier alpha value is -2.10. The molecule has 1 aromatic heterocycles. The number of nitrogens with zero attached hydrogens (tertiary/aromatic N) is 1. The molecular weight excluding hydrogens is 264 g/mol. The zero-order valence-electron chi connectivity index (χ0n) is 12.2. The summed E-state index contributed by atoms with van der Waals surface area (Å²) in [6, 6.07) is 9.81. The molecule has 1 aromatic carbocycles. The molecule has 1 saturated carbocycles. The number of rotatable bonds is 3. The number of benzene rings is 1. The molecule has 1 aliphatic carbocycles. The molecule has 1 aliphatic rings. The first-order chi connectivity index (χ1) is 10.1. The highest BCUT2D eigenvalue weighted by Crippen LogP contribution is 2.28. The minimum atomic E-state index is -0.985. The highest BCUT2D eigenvalue weighted by atomic mass is 16.4. The molecule has 110 valence electrons. The van der Waals surface area contributed by atoms with Crippen LogP contribution in [-0.4, -0.2) is 22.1 Å². The van der Waals surface area contributed by atoms with Crippen molar-refractivity contribution in [3.63, 3.8) is 0 Å². The van der Waals surface area contributed by atoms with Gasteiger partial charge in [-0.2, -0.15) is 0 Å². The van der Waals surface area contributed by atoms with Crippen LogP contribution in [0.15, 0.2) is 30.3 Å². The SMILES string of the molecule is CC1CCC(Nc2nc(C(=O)O)cc3ccccc23)CC1. The van der Waals surface area contributed by atoms with Gasteiger partial charge in [-0.1, -0.05) is 31.2 Å². The summed E-state index contributed by atoms with van der Waals surface area (Å²) in [7, 11) is 0. The van der Waals surface area contributed by atoms with Gasteiger partial charge in [0, 0.05) is 11.4 Å². The summed E-state index contributed by atoms with van der Waals surface area (Å²) >= 11 is 0. The van der Waals surface area contributed by atoms with Gasteiger partial charge in [0.05, 0.1) is 0 Å². The van der Waals surface area contributed by atoms with Gasteiger partial charge in [0.1, 0.15) is 5.82 Å². The van der Waals surface area contributed by atoms with E-state index in [0.29, 0.717) is 11.9 Å². The molecule has 0 aliphatic heterocycles. The molecule has 1 fully saturated rings. The minimum absolute atomic E-state index is 0.0976. The van der Waals surface area contributed by atoms with Crippen LogP contribution in [0.1, 0.15) is 43.1 Å². The molecule has 0 atom stereocenters. The van der Waals surface area contributed by atoms with Crippen LogP contribution in [0.2, 0.25) is 0 Å². The van der Waals surface area contributed by atoms with E-state index in [-0.39, 0.29) is 5.69 Å². The molecule has 2 aromatic rings. The number of carbonyl (C=O) groups is 1. The summed E-state index contributed by atoms with van der Waals surface area (Å²) in [5.74, 6) is 0.504. The van der Waals surface area contributed by atoms with Gasteiger partial charge in [0.2, 0.25) is 0 Å². The van der Waals surface area contributed by atoms with Crippen molar-refractivity contribution in [2.45, 2.75) is 38.6 Å². The topological polar surface area (TPSA) is 62.2 Å². The monoisotopic (exact) mass is 284 g/mol. The minimum Gasteiger partial charge on any atom is -0.477 e. The molecule has 0 unspecified atom stereocenters. The lowest BCUT2D eigenvalue weighted by Gasteiger charge is -2.27. The van der Waals surface area contributed by atoms with Crippen molar-refractivity contribution >= 4 is 22.6 Å². The number of pyridine rings is 1. The maximum Gasteiger partial charge on any atom is 0.354 e. The molecular formula is C17H20N2O2. The van der Waals surface area contributed by atoms with Crippen molar-refractivity contribution in [3.05, 3.63) is 36.0 Å². The van der Waals surface area contributed by atoms with E-state index in [1.807, 2.05) is 24.3 Å². The van der Waals surface area contributed by atoms with E-state index in [0.717, 1.165) is 29.5 Å². The number of carboxylic acids is 1. The number of anilines is 1. The molecule has 21 heavy (non-hydrogen) atoms. The van der Waals surface area contributed by atoms with Crippen LogP contribution in [0.25, 0.3) is 10.8 Å². The molecule has 0 saturated heterocycles. The predicted octanol–water partition coefficient (Wildman–Crippen LogP) is 3.92.